The van der Waals surface area contributed by atoms with Crippen LogP contribution in [0.1, 0.15) is 0 Å². The number of hydrogen-bond donors (Lipinski definition) is 1. The average molecular weight is 189 g/mol. The van der Waals surface area contributed by atoms with Gasteiger partial charge >= 0.3 is 67.0 Å². The summed E-state index contributed by atoms with van der Waals surface area (Å²) in [5, 5.41) is 0. The van der Waals surface area contributed by atoms with Gasteiger partial charge in [0.25, 0.3) is 0 Å². The van der Waals surface area contributed by atoms with E-state index in [1.54, 1.807) is 0 Å². The SMILES string of the molecule is O=S(=O)(O)C(F)(F)F.[K+3]. The molecule has 0 bridgehead atoms. The molecule has 0 fully saturated rings. The van der Waals surface area contributed by atoms with E-state index in [4.69, 9.17) is 13.0 Å². The second kappa shape index (κ2) is 3.65. The van der Waals surface area contributed by atoms with Crippen molar-refractivity contribution in [3.8, 4) is 0 Å². The van der Waals surface area contributed by atoms with Crippen molar-refractivity contribution in [3.63, 3.8) is 0 Å². The minimum atomic E-state index is -5.84. The number of halogens is 3. The van der Waals surface area contributed by atoms with Crippen LogP contribution in [0, 0.1) is 0 Å². The second-order valence-corrected chi connectivity index (χ2v) is 2.33. The predicted octanol–water partition coefficient (Wildman–Crippen LogP) is 0.0132. The minimum Gasteiger partial charge on any atom is -0.279 e. The van der Waals surface area contributed by atoms with E-state index in [1.165, 1.54) is 0 Å². The van der Waals surface area contributed by atoms with Crippen molar-refractivity contribution < 1.29 is 26.1 Å². The smallest absolute Gasteiger partial charge is 0.279 e. The predicted molar refractivity (Wildman–Crippen MR) is 23.4 cm³/mol. The number of hydrogen-bond acceptors (Lipinski definition) is 2. The molecule has 0 rings (SSSR count). The fraction of sp³-hybridized carbons (Fsp3) is 1.00. The molecule has 3 nitrogen and oxygen atoms in total. The van der Waals surface area contributed by atoms with Gasteiger partial charge in [-0.25, -0.2) is 0 Å². The van der Waals surface area contributed by atoms with Crippen molar-refractivity contribution >= 4 is 61.5 Å². The zero-order valence-electron chi connectivity index (χ0n) is 4.31. The normalized spacial score (nSPS) is 12.4. The molecule has 0 aromatic carbocycles. The standard InChI is InChI=1S/CHF3O3S.K/c2-1(3,4)8(5,6)7;/h(H,5,6,7);/q;+3. The molecule has 0 aliphatic carbocycles. The fourth-order valence-corrected chi connectivity index (χ4v) is 0. The Morgan fingerprint density at radius 2 is 1.33 bits per heavy atom. The van der Waals surface area contributed by atoms with Crippen molar-refractivity contribution in [2.24, 2.45) is 0 Å². The molecular formula is CHF3KO3S+3. The Balaban J connectivity index is 0. The zero-order chi connectivity index (χ0) is 7.00. The minimum absolute atomic E-state index is 0. The van der Waals surface area contributed by atoms with Crippen LogP contribution in [0.5, 0.6) is 0 Å². The van der Waals surface area contributed by atoms with Crippen molar-refractivity contribution in [1.82, 2.24) is 0 Å². The molecule has 0 aromatic heterocycles. The van der Waals surface area contributed by atoms with E-state index in [0.717, 1.165) is 0 Å². The van der Waals surface area contributed by atoms with Crippen LogP contribution in [0.15, 0.2) is 0 Å². The van der Waals surface area contributed by atoms with Gasteiger partial charge in [-0.3, -0.25) is 4.55 Å². The molecule has 0 spiro atoms. The molecule has 8 heteroatoms. The monoisotopic (exact) mass is 189 g/mol. The van der Waals surface area contributed by atoms with E-state index >= 15 is 0 Å². The summed E-state index contributed by atoms with van der Waals surface area (Å²) in [6.07, 6.45) is 0. The Hall–Kier alpha value is 1.34. The van der Waals surface area contributed by atoms with Crippen LogP contribution in [-0.2, 0) is 10.1 Å². The van der Waals surface area contributed by atoms with Gasteiger partial charge in [0.2, 0.25) is 0 Å². The first-order valence-electron chi connectivity index (χ1n) is 1.29. The number of alkyl halides is 3. The quantitative estimate of drug-likeness (QED) is 0.332. The van der Waals surface area contributed by atoms with Gasteiger partial charge in [0.1, 0.15) is 0 Å². The first-order valence-corrected chi connectivity index (χ1v) is 2.73. The Bertz CT molecular complexity index is 168. The maximum Gasteiger partial charge on any atom is 3.00 e. The Morgan fingerprint density at radius 3 is 1.33 bits per heavy atom. The van der Waals surface area contributed by atoms with Crippen LogP contribution in [0.4, 0.5) is 13.2 Å². The second-order valence-electron chi connectivity index (χ2n) is 0.921. The Kier molecular flexibility index (Phi) is 5.26. The molecular weight excluding hydrogens is 188 g/mol. The van der Waals surface area contributed by atoms with E-state index in [9.17, 15) is 13.2 Å². The van der Waals surface area contributed by atoms with Crippen molar-refractivity contribution in [3.05, 3.63) is 0 Å². The molecule has 10 radical (unpaired) electrons. The molecule has 9 heavy (non-hydrogen) atoms. The molecule has 48 valence electrons. The van der Waals surface area contributed by atoms with Crippen LogP contribution in [0.2, 0.25) is 0 Å². The third-order valence-electron chi connectivity index (χ3n) is 0.292. The van der Waals surface area contributed by atoms with Crippen LogP contribution in [0.25, 0.3) is 0 Å². The first kappa shape index (κ1) is 13.0. The molecule has 0 unspecified atom stereocenters. The van der Waals surface area contributed by atoms with Crippen LogP contribution in [-0.4, -0.2) is 69.9 Å². The molecule has 0 aromatic rings. The number of rotatable bonds is 0. The van der Waals surface area contributed by atoms with Gasteiger partial charge < -0.3 is 0 Å². The van der Waals surface area contributed by atoms with Crippen molar-refractivity contribution in [2.45, 2.75) is 5.51 Å². The van der Waals surface area contributed by atoms with Crippen LogP contribution < -0.4 is 0 Å². The molecule has 0 aliphatic heterocycles. The van der Waals surface area contributed by atoms with Crippen molar-refractivity contribution in [2.75, 3.05) is 0 Å². The first-order chi connectivity index (χ1) is 3.25. The molecule has 0 amide bonds. The van der Waals surface area contributed by atoms with Gasteiger partial charge in [-0.15, -0.1) is 0 Å². The zero-order valence-corrected chi connectivity index (χ0v) is 8.25. The molecule has 0 saturated heterocycles. The average Bonchev–Trinajstić information content (AvgIpc) is 1.25. The maximum atomic E-state index is 10.7. The molecule has 1 N–H and O–H groups in total. The topological polar surface area (TPSA) is 54.4 Å². The van der Waals surface area contributed by atoms with E-state index in [1.807, 2.05) is 0 Å². The van der Waals surface area contributed by atoms with Gasteiger partial charge in [0.05, 0.1) is 0 Å². The maximum absolute atomic E-state index is 10.7. The van der Waals surface area contributed by atoms with Gasteiger partial charge in [0.15, 0.2) is 0 Å². The molecule has 0 saturated carbocycles. The van der Waals surface area contributed by atoms with E-state index < -0.39 is 15.6 Å². The summed E-state index contributed by atoms with van der Waals surface area (Å²) in [5.74, 6) is 0. The van der Waals surface area contributed by atoms with E-state index in [-0.39, 0.29) is 51.4 Å². The summed E-state index contributed by atoms with van der Waals surface area (Å²) in [4.78, 5) is 0. The largest absolute Gasteiger partial charge is 3.00 e. The summed E-state index contributed by atoms with van der Waals surface area (Å²) < 4.78 is 57.5. The van der Waals surface area contributed by atoms with Gasteiger partial charge in [0, 0.05) is 0 Å². The van der Waals surface area contributed by atoms with Crippen LogP contribution >= 0.6 is 0 Å². The summed E-state index contributed by atoms with van der Waals surface area (Å²) in [6, 6.07) is 0. The van der Waals surface area contributed by atoms with Gasteiger partial charge in [-0.05, 0) is 0 Å². The fourth-order valence-electron chi connectivity index (χ4n) is 0. The Morgan fingerprint density at radius 1 is 1.22 bits per heavy atom. The summed E-state index contributed by atoms with van der Waals surface area (Å²) in [7, 11) is -5.84. The summed E-state index contributed by atoms with van der Waals surface area (Å²) in [6.45, 7) is 0. The third-order valence-corrected chi connectivity index (χ3v) is 0.877. The van der Waals surface area contributed by atoms with Gasteiger partial charge in [-0.1, -0.05) is 0 Å². The molecule has 0 atom stereocenters. The van der Waals surface area contributed by atoms with E-state index in [2.05, 4.69) is 0 Å². The summed E-state index contributed by atoms with van der Waals surface area (Å²) in [5.41, 5.74) is -5.53. The van der Waals surface area contributed by atoms with Crippen molar-refractivity contribution in [1.29, 1.82) is 0 Å². The summed E-state index contributed by atoms with van der Waals surface area (Å²) >= 11 is 0. The third kappa shape index (κ3) is 4.70. The molecule has 0 heterocycles. The van der Waals surface area contributed by atoms with Gasteiger partial charge in [-0.2, -0.15) is 21.6 Å². The van der Waals surface area contributed by atoms with Crippen LogP contribution in [0.3, 0.4) is 0 Å². The molecule has 0 aliphatic rings. The Labute approximate surface area is 91.8 Å². The van der Waals surface area contributed by atoms with E-state index in [0.29, 0.717) is 0 Å².